The van der Waals surface area contributed by atoms with Crippen molar-refractivity contribution in [3.05, 3.63) is 53.6 Å². The lowest BCUT2D eigenvalue weighted by atomic mass is 10.1. The van der Waals surface area contributed by atoms with Gasteiger partial charge in [0.25, 0.3) is 0 Å². The van der Waals surface area contributed by atoms with E-state index in [0.29, 0.717) is 12.2 Å². The number of rotatable bonds is 4. The molecular weight excluding hydrogens is 262 g/mol. The molecule has 0 fully saturated rings. The smallest absolute Gasteiger partial charge is 0.151 e. The number of methoxy groups -OCH3 is 1. The molecule has 0 saturated heterocycles. The molecule has 106 valence electrons. The molecule has 0 unspecified atom stereocenters. The van der Waals surface area contributed by atoms with Gasteiger partial charge in [-0.05, 0) is 23.8 Å². The molecule has 0 atom stereocenters. The zero-order valence-electron chi connectivity index (χ0n) is 11.4. The van der Waals surface area contributed by atoms with Crippen molar-refractivity contribution in [1.29, 1.82) is 0 Å². The molecule has 0 aliphatic carbocycles. The summed E-state index contributed by atoms with van der Waals surface area (Å²) in [5, 5.41) is 0. The minimum Gasteiger partial charge on any atom is -0.497 e. The van der Waals surface area contributed by atoms with Gasteiger partial charge in [-0.25, -0.2) is 8.78 Å². The van der Waals surface area contributed by atoms with Gasteiger partial charge in [0.15, 0.2) is 5.82 Å². The third kappa shape index (κ3) is 2.99. The summed E-state index contributed by atoms with van der Waals surface area (Å²) in [6, 6.07) is 9.46. The second-order valence-corrected chi connectivity index (χ2v) is 4.53. The SMILES string of the molecule is COc1cccc(CN(C)c2cc(F)cc(F)c2N)c1. The average molecular weight is 278 g/mol. The minimum atomic E-state index is -0.752. The summed E-state index contributed by atoms with van der Waals surface area (Å²) in [6.07, 6.45) is 0. The highest BCUT2D eigenvalue weighted by Gasteiger charge is 2.12. The van der Waals surface area contributed by atoms with Gasteiger partial charge >= 0.3 is 0 Å². The number of benzene rings is 2. The van der Waals surface area contributed by atoms with E-state index < -0.39 is 11.6 Å². The standard InChI is InChI=1S/C15H16F2N2O/c1-19(9-10-4-3-5-12(6-10)20-2)14-8-11(16)7-13(17)15(14)18/h3-8H,9,18H2,1-2H3. The molecular formula is C15H16F2N2O. The first-order valence-electron chi connectivity index (χ1n) is 6.10. The van der Waals surface area contributed by atoms with Gasteiger partial charge in [-0.2, -0.15) is 0 Å². The molecule has 20 heavy (non-hydrogen) atoms. The van der Waals surface area contributed by atoms with Crippen molar-refractivity contribution in [2.45, 2.75) is 6.54 Å². The fourth-order valence-corrected chi connectivity index (χ4v) is 2.02. The Balaban J connectivity index is 2.25. The van der Waals surface area contributed by atoms with Crippen LogP contribution in [-0.2, 0) is 6.54 Å². The molecule has 2 N–H and O–H groups in total. The van der Waals surface area contributed by atoms with Crippen LogP contribution < -0.4 is 15.4 Å². The predicted octanol–water partition coefficient (Wildman–Crippen LogP) is 3.19. The Kier molecular flexibility index (Phi) is 4.08. The second-order valence-electron chi connectivity index (χ2n) is 4.53. The van der Waals surface area contributed by atoms with Crippen LogP contribution in [0.4, 0.5) is 20.2 Å². The minimum absolute atomic E-state index is 0.0585. The molecule has 0 aromatic heterocycles. The molecule has 0 spiro atoms. The third-order valence-electron chi connectivity index (χ3n) is 3.04. The third-order valence-corrected chi connectivity index (χ3v) is 3.04. The summed E-state index contributed by atoms with van der Waals surface area (Å²) in [5.74, 6) is -0.670. The van der Waals surface area contributed by atoms with Crippen LogP contribution in [-0.4, -0.2) is 14.2 Å². The first kappa shape index (κ1) is 14.1. The lowest BCUT2D eigenvalue weighted by Crippen LogP contribution is -2.18. The Labute approximate surface area is 116 Å². The van der Waals surface area contributed by atoms with Gasteiger partial charge < -0.3 is 15.4 Å². The van der Waals surface area contributed by atoms with Crippen molar-refractivity contribution in [2.75, 3.05) is 24.8 Å². The summed E-state index contributed by atoms with van der Waals surface area (Å²) in [4.78, 5) is 1.69. The van der Waals surface area contributed by atoms with Crippen molar-refractivity contribution < 1.29 is 13.5 Å². The highest BCUT2D eigenvalue weighted by Crippen LogP contribution is 2.28. The van der Waals surface area contributed by atoms with Crippen molar-refractivity contribution in [1.82, 2.24) is 0 Å². The summed E-state index contributed by atoms with van der Waals surface area (Å²) >= 11 is 0. The number of halogens is 2. The zero-order valence-corrected chi connectivity index (χ0v) is 11.4. The Morgan fingerprint density at radius 3 is 2.65 bits per heavy atom. The quantitative estimate of drug-likeness (QED) is 0.873. The second kappa shape index (κ2) is 5.77. The van der Waals surface area contributed by atoms with E-state index in [1.165, 1.54) is 6.07 Å². The van der Waals surface area contributed by atoms with Gasteiger partial charge in [0.05, 0.1) is 18.5 Å². The van der Waals surface area contributed by atoms with Crippen LogP contribution in [0.1, 0.15) is 5.56 Å². The van der Waals surface area contributed by atoms with Crippen molar-refractivity contribution in [3.63, 3.8) is 0 Å². The number of nitrogen functional groups attached to an aromatic ring is 1. The highest BCUT2D eigenvalue weighted by atomic mass is 19.1. The monoisotopic (exact) mass is 278 g/mol. The van der Waals surface area contributed by atoms with Crippen molar-refractivity contribution in [2.24, 2.45) is 0 Å². The van der Waals surface area contributed by atoms with Crippen LogP contribution in [0.5, 0.6) is 5.75 Å². The number of hydrogen-bond donors (Lipinski definition) is 1. The van der Waals surface area contributed by atoms with E-state index in [0.717, 1.165) is 17.4 Å². The Morgan fingerprint density at radius 1 is 1.20 bits per heavy atom. The van der Waals surface area contributed by atoms with Crippen LogP contribution in [0.25, 0.3) is 0 Å². The molecule has 0 amide bonds. The van der Waals surface area contributed by atoms with Gasteiger partial charge in [0.2, 0.25) is 0 Å². The molecule has 5 heteroatoms. The fourth-order valence-electron chi connectivity index (χ4n) is 2.02. The Morgan fingerprint density at radius 2 is 1.95 bits per heavy atom. The van der Waals surface area contributed by atoms with Gasteiger partial charge in [-0.3, -0.25) is 0 Å². The van der Waals surface area contributed by atoms with Crippen LogP contribution in [0.3, 0.4) is 0 Å². The van der Waals surface area contributed by atoms with Gasteiger partial charge in [-0.15, -0.1) is 0 Å². The molecule has 0 radical (unpaired) electrons. The Bertz CT molecular complexity index is 617. The average Bonchev–Trinajstić information content (AvgIpc) is 2.43. The van der Waals surface area contributed by atoms with Gasteiger partial charge in [0.1, 0.15) is 11.6 Å². The number of anilines is 2. The molecule has 2 aromatic carbocycles. The van der Waals surface area contributed by atoms with Gasteiger partial charge in [-0.1, -0.05) is 12.1 Å². The number of ether oxygens (including phenoxy) is 1. The molecule has 3 nitrogen and oxygen atoms in total. The van der Waals surface area contributed by atoms with E-state index in [9.17, 15) is 8.78 Å². The van der Waals surface area contributed by atoms with Crippen molar-refractivity contribution in [3.8, 4) is 5.75 Å². The maximum Gasteiger partial charge on any atom is 0.151 e. The molecule has 0 aliphatic heterocycles. The van der Waals surface area contributed by atoms with Gasteiger partial charge in [0, 0.05) is 19.7 Å². The molecule has 0 saturated carbocycles. The topological polar surface area (TPSA) is 38.5 Å². The predicted molar refractivity (Wildman–Crippen MR) is 75.9 cm³/mol. The van der Waals surface area contributed by atoms with Crippen LogP contribution in [0, 0.1) is 11.6 Å². The molecule has 0 heterocycles. The summed E-state index contributed by atoms with van der Waals surface area (Å²) in [5.41, 5.74) is 6.87. The highest BCUT2D eigenvalue weighted by molar-refractivity contribution is 5.68. The molecule has 0 aliphatic rings. The molecule has 0 bridgehead atoms. The van der Waals surface area contributed by atoms with Crippen molar-refractivity contribution >= 4 is 11.4 Å². The summed E-state index contributed by atoms with van der Waals surface area (Å²) in [7, 11) is 3.31. The maximum atomic E-state index is 13.4. The summed E-state index contributed by atoms with van der Waals surface area (Å²) in [6.45, 7) is 0.463. The van der Waals surface area contributed by atoms with E-state index in [1.54, 1.807) is 19.1 Å². The van der Waals surface area contributed by atoms with E-state index >= 15 is 0 Å². The number of hydrogen-bond acceptors (Lipinski definition) is 3. The first-order valence-corrected chi connectivity index (χ1v) is 6.10. The van der Waals surface area contributed by atoms with Crippen LogP contribution >= 0.6 is 0 Å². The Hall–Kier alpha value is -2.30. The number of nitrogens with zero attached hydrogens (tertiary/aromatic N) is 1. The number of nitrogens with two attached hydrogens (primary N) is 1. The maximum absolute atomic E-state index is 13.4. The van der Waals surface area contributed by atoms with E-state index in [4.69, 9.17) is 10.5 Å². The van der Waals surface area contributed by atoms with E-state index in [-0.39, 0.29) is 5.69 Å². The lowest BCUT2D eigenvalue weighted by Gasteiger charge is -2.21. The first-order chi connectivity index (χ1) is 9.51. The van der Waals surface area contributed by atoms with Crippen LogP contribution in [0.2, 0.25) is 0 Å². The van der Waals surface area contributed by atoms with E-state index in [1.807, 2.05) is 24.3 Å². The lowest BCUT2D eigenvalue weighted by molar-refractivity contribution is 0.414. The van der Waals surface area contributed by atoms with E-state index in [2.05, 4.69) is 0 Å². The van der Waals surface area contributed by atoms with Crippen LogP contribution in [0.15, 0.2) is 36.4 Å². The zero-order chi connectivity index (χ0) is 14.7. The fraction of sp³-hybridized carbons (Fsp3) is 0.200. The summed E-state index contributed by atoms with van der Waals surface area (Å²) < 4.78 is 31.9. The normalized spacial score (nSPS) is 10.4. The molecule has 2 rings (SSSR count). The largest absolute Gasteiger partial charge is 0.497 e. The molecule has 2 aromatic rings.